The van der Waals surface area contributed by atoms with Crippen molar-refractivity contribution in [2.24, 2.45) is 10.7 Å². The van der Waals surface area contributed by atoms with Crippen LogP contribution in [0.2, 0.25) is 0 Å². The monoisotopic (exact) mass is 1100 g/mol. The van der Waals surface area contributed by atoms with Crippen LogP contribution < -0.4 is 15.8 Å². The Morgan fingerprint density at radius 3 is 1.79 bits per heavy atom. The first kappa shape index (κ1) is 61.3. The summed E-state index contributed by atoms with van der Waals surface area (Å²) in [6, 6.07) is 5.65. The van der Waals surface area contributed by atoms with Crippen LogP contribution in [0.15, 0.2) is 46.1 Å². The number of aromatic nitrogens is 2. The molecule has 0 bridgehead atoms. The number of nitrogens with one attached hydrogen (secondary N) is 1. The molecule has 22 nitrogen and oxygen atoms in total. The fraction of sp³-hybridized carbons (Fsp3) is 0.551. The van der Waals surface area contributed by atoms with Crippen LogP contribution in [0.1, 0.15) is 50.9 Å². The third kappa shape index (κ3) is 20.1. The Hall–Kier alpha value is -5.59. The molecule has 5 rings (SSSR count). The SMILES string of the molecule is CCCN(OCC)C(=O)C1=Cc2ccc(-c3cnc(CNC(=O)CCOCCOCCOCCN4CCN(CCOCCOCCOCCC(=O)Oc5c(F)c(F)c(S(=O)(=O)O)c(F)c5F)CC4)nc3)cc2N=C(N)C1. The van der Waals surface area contributed by atoms with Crippen LogP contribution in [0.25, 0.3) is 17.2 Å². The number of rotatable bonds is 34. The number of hydroxylamine groups is 2. The van der Waals surface area contributed by atoms with Gasteiger partial charge >= 0.3 is 16.1 Å². The molecule has 1 saturated heterocycles. The zero-order valence-electron chi connectivity index (χ0n) is 42.6. The average molecular weight is 1100 g/mol. The van der Waals surface area contributed by atoms with Gasteiger partial charge in [-0.1, -0.05) is 19.1 Å². The molecular weight excluding hydrogens is 1030 g/mol. The van der Waals surface area contributed by atoms with Crippen LogP contribution in [-0.2, 0) is 64.3 Å². The number of carbonyl (C=O) groups excluding carboxylic acids is 3. The van der Waals surface area contributed by atoms with Gasteiger partial charge in [-0.2, -0.15) is 17.2 Å². The number of hydrogen-bond donors (Lipinski definition) is 3. The van der Waals surface area contributed by atoms with Crippen LogP contribution in [0.3, 0.4) is 0 Å². The van der Waals surface area contributed by atoms with Crippen molar-refractivity contribution in [1.29, 1.82) is 0 Å². The van der Waals surface area contributed by atoms with E-state index in [1.165, 1.54) is 5.06 Å². The van der Waals surface area contributed by atoms with E-state index in [-0.39, 0.29) is 64.2 Å². The number of esters is 1. The molecule has 0 spiro atoms. The number of amidine groups is 1. The van der Waals surface area contributed by atoms with Crippen LogP contribution in [0.4, 0.5) is 23.2 Å². The summed E-state index contributed by atoms with van der Waals surface area (Å²) >= 11 is 0. The first-order chi connectivity index (χ1) is 36.6. The molecule has 1 fully saturated rings. The minimum atomic E-state index is -5.65. The fourth-order valence-corrected chi connectivity index (χ4v) is 8.05. The van der Waals surface area contributed by atoms with E-state index in [9.17, 15) is 40.4 Å². The van der Waals surface area contributed by atoms with Gasteiger partial charge in [0.15, 0.2) is 16.5 Å². The van der Waals surface area contributed by atoms with Gasteiger partial charge in [0.2, 0.25) is 23.3 Å². The minimum Gasteiger partial charge on any atom is -0.420 e. The Morgan fingerprint density at radius 1 is 0.737 bits per heavy atom. The number of halogens is 4. The van der Waals surface area contributed by atoms with Gasteiger partial charge in [0.05, 0.1) is 105 Å². The molecule has 2 aliphatic heterocycles. The predicted octanol–water partition coefficient (Wildman–Crippen LogP) is 3.63. The normalized spacial score (nSPS) is 14.2. The molecule has 4 N–H and O–H groups in total. The van der Waals surface area contributed by atoms with E-state index in [1.807, 2.05) is 32.0 Å². The zero-order valence-corrected chi connectivity index (χ0v) is 43.4. The van der Waals surface area contributed by atoms with Crippen molar-refractivity contribution >= 4 is 45.5 Å². The van der Waals surface area contributed by atoms with E-state index >= 15 is 0 Å². The standard InChI is InChI=1S/C49H66F4N8O14S/c1-3-9-61(74-4-2)49(64)36-28-35-6-5-34(29-38(35)58-39(54)30-36)37-31-55-40(56-32-37)33-57-41(62)7-16-68-20-24-72-26-22-70-18-14-59-10-12-60(13-11-59)15-19-71-23-27-73-25-21-69-17-8-42(63)75-47-43(50)45(52)48(76(65,66)67)46(53)44(47)51/h5-6,28-29,31-32H,3-4,7-27,30,33H2,1-2H3,(H2,54,58)(H,57,62)(H,65,66,67). The molecule has 27 heteroatoms. The number of nitrogens with two attached hydrogens (primary N) is 1. The molecule has 3 aromatic rings. The maximum atomic E-state index is 14.0. The number of piperazine rings is 1. The number of carbonyl (C=O) groups is 3. The van der Waals surface area contributed by atoms with Crippen LogP contribution in [0.5, 0.6) is 5.75 Å². The molecule has 3 heterocycles. The molecule has 2 amide bonds. The number of ether oxygens (including phenoxy) is 7. The first-order valence-corrected chi connectivity index (χ1v) is 26.2. The summed E-state index contributed by atoms with van der Waals surface area (Å²) in [4.78, 5) is 58.8. The van der Waals surface area contributed by atoms with Gasteiger partial charge in [-0.05, 0) is 31.1 Å². The average Bonchev–Trinajstić information content (AvgIpc) is 3.57. The second-order valence-corrected chi connectivity index (χ2v) is 18.3. The quantitative estimate of drug-likeness (QED) is 0.0147. The first-order valence-electron chi connectivity index (χ1n) is 24.7. The summed E-state index contributed by atoms with van der Waals surface area (Å²) in [5, 5.41) is 4.18. The van der Waals surface area contributed by atoms with Gasteiger partial charge in [0, 0.05) is 87.7 Å². The largest absolute Gasteiger partial charge is 0.420 e. The predicted molar refractivity (Wildman–Crippen MR) is 266 cm³/mol. The minimum absolute atomic E-state index is 0.0422. The Labute approximate surface area is 438 Å². The van der Waals surface area contributed by atoms with E-state index < -0.39 is 56.4 Å². The highest BCUT2D eigenvalue weighted by Gasteiger charge is 2.34. The lowest BCUT2D eigenvalue weighted by atomic mass is 10.0. The Bertz CT molecular complexity index is 2510. The number of aliphatic imine (C=N–C) groups is 1. The van der Waals surface area contributed by atoms with Crippen LogP contribution >= 0.6 is 0 Å². The van der Waals surface area contributed by atoms with Crippen molar-refractivity contribution in [3.8, 4) is 16.9 Å². The van der Waals surface area contributed by atoms with Gasteiger partial charge in [-0.3, -0.25) is 33.6 Å². The maximum absolute atomic E-state index is 14.0. The van der Waals surface area contributed by atoms with Crippen molar-refractivity contribution in [3.05, 3.63) is 70.8 Å². The molecule has 0 atom stereocenters. The number of benzene rings is 2. The van der Waals surface area contributed by atoms with Gasteiger partial charge in [0.25, 0.3) is 5.91 Å². The Balaban J connectivity index is 0.799. The number of amides is 2. The maximum Gasteiger partial charge on any atom is 0.313 e. The highest BCUT2D eigenvalue weighted by Crippen LogP contribution is 2.34. The molecule has 0 aliphatic carbocycles. The topological polar surface area (TPSA) is 265 Å². The third-order valence-electron chi connectivity index (χ3n) is 11.3. The summed E-state index contributed by atoms with van der Waals surface area (Å²) in [5.41, 5.74) is 9.67. The fourth-order valence-electron chi connectivity index (χ4n) is 7.41. The number of hydrogen-bond acceptors (Lipinski definition) is 19. The van der Waals surface area contributed by atoms with Crippen molar-refractivity contribution in [2.45, 2.75) is 51.0 Å². The van der Waals surface area contributed by atoms with Gasteiger partial charge in [-0.15, -0.1) is 0 Å². The lowest BCUT2D eigenvalue weighted by molar-refractivity contribution is -0.180. The van der Waals surface area contributed by atoms with Crippen molar-refractivity contribution in [2.75, 3.05) is 132 Å². The molecule has 0 saturated carbocycles. The van der Waals surface area contributed by atoms with E-state index in [0.29, 0.717) is 82.3 Å². The number of nitrogens with zero attached hydrogens (tertiary/aromatic N) is 6. The zero-order chi connectivity index (χ0) is 54.9. The van der Waals surface area contributed by atoms with Gasteiger partial charge in [0.1, 0.15) is 11.7 Å². The lowest BCUT2D eigenvalue weighted by Crippen LogP contribution is -2.48. The van der Waals surface area contributed by atoms with E-state index in [0.717, 1.165) is 62.4 Å². The molecule has 2 aromatic carbocycles. The summed E-state index contributed by atoms with van der Waals surface area (Å²) in [6.07, 6.45) is 5.71. The van der Waals surface area contributed by atoms with Crippen LogP contribution in [-0.4, -0.2) is 193 Å². The molecule has 420 valence electrons. The van der Waals surface area contributed by atoms with Crippen molar-refractivity contribution < 1.29 is 82.9 Å². The van der Waals surface area contributed by atoms with E-state index in [1.54, 1.807) is 18.5 Å². The van der Waals surface area contributed by atoms with Gasteiger partial charge < -0.3 is 44.2 Å². The highest BCUT2D eigenvalue weighted by molar-refractivity contribution is 7.85. The molecule has 0 unspecified atom stereocenters. The number of fused-ring (bicyclic) bond motifs is 1. The van der Waals surface area contributed by atoms with Crippen molar-refractivity contribution in [3.63, 3.8) is 0 Å². The highest BCUT2D eigenvalue weighted by atomic mass is 32.2. The Kier molecular flexibility index (Phi) is 26.0. The smallest absolute Gasteiger partial charge is 0.313 e. The molecule has 76 heavy (non-hydrogen) atoms. The molecule has 0 radical (unpaired) electrons. The van der Waals surface area contributed by atoms with E-state index in [4.69, 9.17) is 43.5 Å². The van der Waals surface area contributed by atoms with Gasteiger partial charge in [-0.25, -0.2) is 28.8 Å². The lowest BCUT2D eigenvalue weighted by Gasteiger charge is -2.34. The summed E-state index contributed by atoms with van der Waals surface area (Å²) in [7, 11) is -5.65. The molecular formula is C49H66F4N8O14S. The third-order valence-corrected chi connectivity index (χ3v) is 12.2. The molecule has 2 aliphatic rings. The second-order valence-electron chi connectivity index (χ2n) is 16.9. The van der Waals surface area contributed by atoms with Crippen LogP contribution in [0, 0.1) is 23.3 Å². The Morgan fingerprint density at radius 2 is 1.26 bits per heavy atom. The second kappa shape index (κ2) is 32.2. The summed E-state index contributed by atoms with van der Waals surface area (Å²) in [5.74, 6) is -12.3. The summed E-state index contributed by atoms with van der Waals surface area (Å²) in [6.45, 7) is 13.4. The summed E-state index contributed by atoms with van der Waals surface area (Å²) < 4.78 is 124. The van der Waals surface area contributed by atoms with Crippen molar-refractivity contribution in [1.82, 2.24) is 30.1 Å². The molecule has 1 aromatic heterocycles. The van der Waals surface area contributed by atoms with E-state index in [2.05, 4.69) is 34.8 Å².